The van der Waals surface area contributed by atoms with E-state index in [1.54, 1.807) is 42.5 Å². The molecular weight excluding hydrogens is 462 g/mol. The number of ether oxygens (including phenoxy) is 1. The molecule has 0 aliphatic carbocycles. The molecular formula is C24H24ClN3O4S. The molecule has 33 heavy (non-hydrogen) atoms. The van der Waals surface area contributed by atoms with Crippen LogP contribution in [0.2, 0.25) is 5.02 Å². The second-order valence-electron chi connectivity index (χ2n) is 7.36. The fraction of sp³-hybridized carbons (Fsp3) is 0.167. The molecule has 0 unspecified atom stereocenters. The number of sulfonamides is 1. The van der Waals surface area contributed by atoms with Crippen LogP contribution < -0.4 is 14.5 Å². The quantitative estimate of drug-likeness (QED) is 0.364. The SMILES string of the molecule is Cc1ccc(COc2ccc(/C=N\NC(=O)CN(c3ccccc3Cl)S(C)(=O)=O)cc2)cc1. The minimum absolute atomic E-state index is 0.224. The van der Waals surface area contributed by atoms with Crippen molar-refractivity contribution in [2.24, 2.45) is 5.10 Å². The second-order valence-corrected chi connectivity index (χ2v) is 9.67. The molecule has 0 saturated carbocycles. The van der Waals surface area contributed by atoms with Gasteiger partial charge in [0.2, 0.25) is 10.0 Å². The second kappa shape index (κ2) is 11.0. The largest absolute Gasteiger partial charge is 0.489 e. The summed E-state index contributed by atoms with van der Waals surface area (Å²) < 4.78 is 31.0. The Morgan fingerprint density at radius 2 is 1.73 bits per heavy atom. The lowest BCUT2D eigenvalue weighted by atomic mass is 10.2. The Bertz CT molecular complexity index is 1230. The number of carbonyl (C=O) groups is 1. The van der Waals surface area contributed by atoms with Gasteiger partial charge in [-0.2, -0.15) is 5.10 Å². The summed E-state index contributed by atoms with van der Waals surface area (Å²) in [5, 5.41) is 4.13. The van der Waals surface area contributed by atoms with Crippen molar-refractivity contribution in [2.45, 2.75) is 13.5 Å². The van der Waals surface area contributed by atoms with Crippen molar-refractivity contribution in [1.29, 1.82) is 0 Å². The number of halogens is 1. The number of rotatable bonds is 9. The number of hydrazone groups is 1. The molecule has 3 aromatic rings. The number of anilines is 1. The fourth-order valence-corrected chi connectivity index (χ4v) is 4.04. The molecule has 0 heterocycles. The number of nitrogens with zero attached hydrogens (tertiary/aromatic N) is 2. The first-order valence-corrected chi connectivity index (χ1v) is 12.3. The molecule has 3 aromatic carbocycles. The highest BCUT2D eigenvalue weighted by Gasteiger charge is 2.22. The van der Waals surface area contributed by atoms with E-state index in [-0.39, 0.29) is 10.7 Å². The van der Waals surface area contributed by atoms with Crippen molar-refractivity contribution in [3.8, 4) is 5.75 Å². The van der Waals surface area contributed by atoms with E-state index in [0.29, 0.717) is 12.4 Å². The Balaban J connectivity index is 1.55. The summed E-state index contributed by atoms with van der Waals surface area (Å²) in [6, 6.07) is 21.7. The third kappa shape index (κ3) is 7.34. The molecule has 0 aromatic heterocycles. The van der Waals surface area contributed by atoms with Gasteiger partial charge in [0.15, 0.2) is 0 Å². The van der Waals surface area contributed by atoms with Gasteiger partial charge in [0.25, 0.3) is 5.91 Å². The molecule has 1 amide bonds. The Hall–Kier alpha value is -3.36. The van der Waals surface area contributed by atoms with Gasteiger partial charge in [-0.15, -0.1) is 0 Å². The van der Waals surface area contributed by atoms with Crippen LogP contribution >= 0.6 is 11.6 Å². The van der Waals surface area contributed by atoms with Crippen LogP contribution in [0.4, 0.5) is 5.69 Å². The third-order valence-electron chi connectivity index (χ3n) is 4.62. The van der Waals surface area contributed by atoms with Gasteiger partial charge in [-0.3, -0.25) is 9.10 Å². The standard InChI is InChI=1S/C24H24ClN3O4S/c1-18-7-9-20(10-8-18)17-32-21-13-11-19(12-14-21)15-26-27-24(29)16-28(33(2,30)31)23-6-4-3-5-22(23)25/h3-15H,16-17H2,1-2H3,(H,27,29)/b26-15-. The van der Waals surface area contributed by atoms with Crippen molar-refractivity contribution < 1.29 is 17.9 Å². The zero-order valence-electron chi connectivity index (χ0n) is 18.2. The molecule has 1 N–H and O–H groups in total. The smallest absolute Gasteiger partial charge is 0.260 e. The van der Waals surface area contributed by atoms with Gasteiger partial charge in [-0.05, 0) is 54.4 Å². The average molecular weight is 486 g/mol. The summed E-state index contributed by atoms with van der Waals surface area (Å²) >= 11 is 6.09. The monoisotopic (exact) mass is 485 g/mol. The predicted octanol–water partition coefficient (Wildman–Crippen LogP) is 4.14. The van der Waals surface area contributed by atoms with E-state index in [2.05, 4.69) is 10.5 Å². The molecule has 0 radical (unpaired) electrons. The summed E-state index contributed by atoms with van der Waals surface area (Å²) in [4.78, 5) is 12.3. The number of hydrogen-bond acceptors (Lipinski definition) is 5. The van der Waals surface area contributed by atoms with Crippen LogP contribution in [0.3, 0.4) is 0 Å². The molecule has 0 bridgehead atoms. The lowest BCUT2D eigenvalue weighted by molar-refractivity contribution is -0.119. The lowest BCUT2D eigenvalue weighted by Gasteiger charge is -2.22. The molecule has 0 aliphatic rings. The van der Waals surface area contributed by atoms with Crippen LogP contribution in [0, 0.1) is 6.92 Å². The Labute approximate surface area is 198 Å². The van der Waals surface area contributed by atoms with Crippen LogP contribution in [0.1, 0.15) is 16.7 Å². The van der Waals surface area contributed by atoms with E-state index in [1.807, 2.05) is 31.2 Å². The zero-order chi connectivity index (χ0) is 23.8. The number of carbonyl (C=O) groups excluding carboxylic acids is 1. The van der Waals surface area contributed by atoms with Gasteiger partial charge < -0.3 is 4.74 Å². The first-order valence-electron chi connectivity index (χ1n) is 10.0. The van der Waals surface area contributed by atoms with E-state index in [1.165, 1.54) is 17.8 Å². The fourth-order valence-electron chi connectivity index (χ4n) is 2.88. The third-order valence-corrected chi connectivity index (χ3v) is 6.06. The summed E-state index contributed by atoms with van der Waals surface area (Å²) in [6.07, 6.45) is 2.47. The highest BCUT2D eigenvalue weighted by atomic mass is 35.5. The van der Waals surface area contributed by atoms with E-state index in [0.717, 1.165) is 21.7 Å². The zero-order valence-corrected chi connectivity index (χ0v) is 19.8. The average Bonchev–Trinajstić information content (AvgIpc) is 2.78. The van der Waals surface area contributed by atoms with E-state index in [4.69, 9.17) is 16.3 Å². The molecule has 7 nitrogen and oxygen atoms in total. The Morgan fingerprint density at radius 1 is 1.06 bits per heavy atom. The van der Waals surface area contributed by atoms with E-state index >= 15 is 0 Å². The number of para-hydroxylation sites is 1. The maximum atomic E-state index is 12.3. The van der Waals surface area contributed by atoms with Crippen LogP contribution in [0.5, 0.6) is 5.75 Å². The minimum atomic E-state index is -3.72. The van der Waals surface area contributed by atoms with Gasteiger partial charge in [0.1, 0.15) is 18.9 Å². The molecule has 0 atom stereocenters. The van der Waals surface area contributed by atoms with Crippen molar-refractivity contribution in [3.63, 3.8) is 0 Å². The predicted molar refractivity (Wildman–Crippen MR) is 131 cm³/mol. The maximum absolute atomic E-state index is 12.3. The molecule has 9 heteroatoms. The first-order chi connectivity index (χ1) is 15.7. The van der Waals surface area contributed by atoms with Crippen LogP contribution in [0.15, 0.2) is 77.9 Å². The Morgan fingerprint density at radius 3 is 2.36 bits per heavy atom. The van der Waals surface area contributed by atoms with Crippen LogP contribution in [-0.2, 0) is 21.4 Å². The van der Waals surface area contributed by atoms with Gasteiger partial charge in [0, 0.05) is 0 Å². The molecule has 0 spiro atoms. The summed E-state index contributed by atoms with van der Waals surface area (Å²) in [6.45, 7) is 2.05. The van der Waals surface area contributed by atoms with Crippen molar-refractivity contribution in [1.82, 2.24) is 5.43 Å². The summed E-state index contributed by atoms with van der Waals surface area (Å²) in [5.41, 5.74) is 5.58. The molecule has 3 rings (SSSR count). The molecule has 0 aliphatic heterocycles. The summed E-state index contributed by atoms with van der Waals surface area (Å²) in [7, 11) is -3.72. The molecule has 172 valence electrons. The van der Waals surface area contributed by atoms with Crippen molar-refractivity contribution in [3.05, 3.63) is 94.5 Å². The molecule has 0 fully saturated rings. The van der Waals surface area contributed by atoms with Gasteiger partial charge in [-0.25, -0.2) is 13.8 Å². The topological polar surface area (TPSA) is 88.1 Å². The minimum Gasteiger partial charge on any atom is -0.489 e. The Kier molecular flexibility index (Phi) is 8.08. The lowest BCUT2D eigenvalue weighted by Crippen LogP contribution is -2.39. The van der Waals surface area contributed by atoms with Gasteiger partial charge in [-0.1, -0.05) is 53.6 Å². The number of hydrogen-bond donors (Lipinski definition) is 1. The van der Waals surface area contributed by atoms with Crippen molar-refractivity contribution >= 4 is 39.4 Å². The highest BCUT2D eigenvalue weighted by molar-refractivity contribution is 7.92. The normalized spacial score (nSPS) is 11.4. The maximum Gasteiger partial charge on any atom is 0.260 e. The number of amides is 1. The first kappa shape index (κ1) is 24.3. The molecule has 0 saturated heterocycles. The summed E-state index contributed by atoms with van der Waals surface area (Å²) in [5.74, 6) is 0.106. The van der Waals surface area contributed by atoms with Gasteiger partial charge in [0.05, 0.1) is 23.2 Å². The van der Waals surface area contributed by atoms with Gasteiger partial charge >= 0.3 is 0 Å². The van der Waals surface area contributed by atoms with Crippen LogP contribution in [0.25, 0.3) is 0 Å². The number of aryl methyl sites for hydroxylation is 1. The number of benzene rings is 3. The van der Waals surface area contributed by atoms with E-state index < -0.39 is 22.5 Å². The number of nitrogens with one attached hydrogen (secondary N) is 1. The van der Waals surface area contributed by atoms with Crippen LogP contribution in [-0.4, -0.2) is 33.3 Å². The van der Waals surface area contributed by atoms with E-state index in [9.17, 15) is 13.2 Å². The highest BCUT2D eigenvalue weighted by Crippen LogP contribution is 2.26. The van der Waals surface area contributed by atoms with Crippen molar-refractivity contribution in [2.75, 3.05) is 17.1 Å².